The molecule has 5 nitrogen and oxygen atoms in total. The van der Waals surface area contributed by atoms with Gasteiger partial charge in [-0.1, -0.05) is 17.7 Å². The molecule has 8 heteroatoms. The fourth-order valence-corrected chi connectivity index (χ4v) is 3.92. The molecule has 1 atom stereocenters. The van der Waals surface area contributed by atoms with Crippen molar-refractivity contribution < 1.29 is 13.6 Å². The average Bonchev–Trinajstić information content (AvgIpc) is 3.22. The van der Waals surface area contributed by atoms with Gasteiger partial charge in [0.1, 0.15) is 11.6 Å². The minimum atomic E-state index is -0.479. The zero-order valence-corrected chi connectivity index (χ0v) is 16.9. The first-order valence-electron chi connectivity index (χ1n) is 9.78. The Morgan fingerprint density at radius 3 is 2.80 bits per heavy atom. The highest BCUT2D eigenvalue weighted by molar-refractivity contribution is 6.31. The third-order valence-corrected chi connectivity index (χ3v) is 5.58. The van der Waals surface area contributed by atoms with Gasteiger partial charge in [-0.25, -0.2) is 8.78 Å². The van der Waals surface area contributed by atoms with Gasteiger partial charge in [-0.15, -0.1) is 0 Å². The Labute approximate surface area is 178 Å². The number of hydrogen-bond donors (Lipinski definition) is 2. The number of nitrogens with one attached hydrogen (secondary N) is 2. The van der Waals surface area contributed by atoms with Gasteiger partial charge in [0, 0.05) is 35.8 Å². The summed E-state index contributed by atoms with van der Waals surface area (Å²) in [5.74, 6) is -0.258. The lowest BCUT2D eigenvalue weighted by atomic mass is 10.0. The number of aromatic nitrogens is 2. The number of halogens is 3. The molecule has 3 aromatic rings. The van der Waals surface area contributed by atoms with Crippen LogP contribution in [0, 0.1) is 11.6 Å². The number of carbonyl (C=O) groups excluding carboxylic acids is 1. The Bertz CT molecular complexity index is 1020. The Hall–Kier alpha value is -2.93. The molecule has 2 heterocycles. The summed E-state index contributed by atoms with van der Waals surface area (Å²) in [4.78, 5) is 14.5. The topological polar surface area (TPSA) is 61.0 Å². The standard InChI is InChI=1S/C22H21ClF2N4O/c23-18-4-1-5-19(25)17(18)11-22(30)26-16-3-2-10-29(13-16)21-12-20(27-28-21)14-6-8-15(24)9-7-14/h1,4-9,12,16H,2-3,10-11,13H2,(H,26,30)(H,27,28)/t16-/m1/s1. The van der Waals surface area contributed by atoms with E-state index < -0.39 is 5.82 Å². The Kier molecular flexibility index (Phi) is 5.99. The van der Waals surface area contributed by atoms with Gasteiger partial charge in [-0.3, -0.25) is 9.89 Å². The van der Waals surface area contributed by atoms with Crippen molar-refractivity contribution in [1.82, 2.24) is 15.5 Å². The molecule has 1 fully saturated rings. The predicted molar refractivity (Wildman–Crippen MR) is 112 cm³/mol. The summed E-state index contributed by atoms with van der Waals surface area (Å²) < 4.78 is 27.1. The van der Waals surface area contributed by atoms with Crippen LogP contribution in [0.5, 0.6) is 0 Å². The number of amides is 1. The van der Waals surface area contributed by atoms with Crippen LogP contribution in [0.2, 0.25) is 5.02 Å². The maximum Gasteiger partial charge on any atom is 0.224 e. The van der Waals surface area contributed by atoms with E-state index >= 15 is 0 Å². The minimum Gasteiger partial charge on any atom is -0.353 e. The number of carbonyl (C=O) groups is 1. The maximum atomic E-state index is 13.9. The molecular formula is C22H21ClF2N4O. The van der Waals surface area contributed by atoms with Crippen molar-refractivity contribution in [2.75, 3.05) is 18.0 Å². The first-order chi connectivity index (χ1) is 14.5. The number of anilines is 1. The largest absolute Gasteiger partial charge is 0.353 e. The normalized spacial score (nSPS) is 16.5. The van der Waals surface area contributed by atoms with E-state index in [1.54, 1.807) is 18.2 Å². The van der Waals surface area contributed by atoms with Gasteiger partial charge >= 0.3 is 0 Å². The molecule has 0 saturated carbocycles. The number of H-pyrrole nitrogens is 1. The van der Waals surface area contributed by atoms with Gasteiger partial charge in [-0.2, -0.15) is 5.10 Å². The van der Waals surface area contributed by atoms with E-state index in [1.165, 1.54) is 24.3 Å². The molecule has 1 saturated heterocycles. The number of rotatable bonds is 5. The molecule has 0 unspecified atom stereocenters. The van der Waals surface area contributed by atoms with Crippen LogP contribution in [0.4, 0.5) is 14.6 Å². The molecule has 0 spiro atoms. The SMILES string of the molecule is O=C(Cc1c(F)cccc1Cl)N[C@@H]1CCCN(c2cc(-c3ccc(F)cc3)[nH]n2)C1. The molecule has 0 bridgehead atoms. The minimum absolute atomic E-state index is 0.0669. The molecule has 1 amide bonds. The van der Waals surface area contributed by atoms with E-state index in [1.807, 2.05) is 6.07 Å². The van der Waals surface area contributed by atoms with Crippen LogP contribution in [0.3, 0.4) is 0 Å². The highest BCUT2D eigenvalue weighted by atomic mass is 35.5. The Morgan fingerprint density at radius 2 is 2.03 bits per heavy atom. The van der Waals surface area contributed by atoms with Crippen LogP contribution in [0.25, 0.3) is 11.3 Å². The molecule has 0 aliphatic carbocycles. The summed E-state index contributed by atoms with van der Waals surface area (Å²) in [5.41, 5.74) is 1.85. The summed E-state index contributed by atoms with van der Waals surface area (Å²) in [6.45, 7) is 1.42. The number of piperidine rings is 1. The zero-order valence-electron chi connectivity index (χ0n) is 16.2. The molecular weight excluding hydrogens is 410 g/mol. The van der Waals surface area contributed by atoms with Crippen LogP contribution < -0.4 is 10.2 Å². The van der Waals surface area contributed by atoms with Crippen LogP contribution in [0.15, 0.2) is 48.5 Å². The summed E-state index contributed by atoms with van der Waals surface area (Å²) in [6, 6.07) is 12.4. The molecule has 30 heavy (non-hydrogen) atoms. The summed E-state index contributed by atoms with van der Waals surface area (Å²) in [5, 5.41) is 10.6. The summed E-state index contributed by atoms with van der Waals surface area (Å²) >= 11 is 6.02. The molecule has 1 aliphatic rings. The third kappa shape index (κ3) is 4.62. The van der Waals surface area contributed by atoms with Crippen molar-refractivity contribution in [2.45, 2.75) is 25.3 Å². The second-order valence-corrected chi connectivity index (χ2v) is 7.78. The zero-order chi connectivity index (χ0) is 21.1. The maximum absolute atomic E-state index is 13.9. The highest BCUT2D eigenvalue weighted by Gasteiger charge is 2.24. The van der Waals surface area contributed by atoms with Crippen molar-refractivity contribution in [3.8, 4) is 11.3 Å². The average molecular weight is 431 g/mol. The monoisotopic (exact) mass is 430 g/mol. The quantitative estimate of drug-likeness (QED) is 0.633. The van der Waals surface area contributed by atoms with Crippen LogP contribution >= 0.6 is 11.6 Å². The van der Waals surface area contributed by atoms with Crippen molar-refractivity contribution in [3.63, 3.8) is 0 Å². The molecule has 1 aromatic heterocycles. The number of benzene rings is 2. The number of hydrogen-bond acceptors (Lipinski definition) is 3. The van der Waals surface area contributed by atoms with E-state index in [0.29, 0.717) is 6.54 Å². The van der Waals surface area contributed by atoms with Gasteiger partial charge in [0.25, 0.3) is 0 Å². The first kappa shape index (κ1) is 20.3. The predicted octanol–water partition coefficient (Wildman–Crippen LogP) is 4.34. The second kappa shape index (κ2) is 8.83. The van der Waals surface area contributed by atoms with Crippen LogP contribution in [-0.2, 0) is 11.2 Å². The Morgan fingerprint density at radius 1 is 1.23 bits per heavy atom. The van der Waals surface area contributed by atoms with Crippen molar-refractivity contribution >= 4 is 23.3 Å². The van der Waals surface area contributed by atoms with Crippen molar-refractivity contribution in [1.29, 1.82) is 0 Å². The van der Waals surface area contributed by atoms with Gasteiger partial charge in [0.05, 0.1) is 12.1 Å². The van der Waals surface area contributed by atoms with Crippen LogP contribution in [0.1, 0.15) is 18.4 Å². The lowest BCUT2D eigenvalue weighted by molar-refractivity contribution is -0.121. The van der Waals surface area contributed by atoms with Gasteiger partial charge in [0.15, 0.2) is 5.82 Å². The van der Waals surface area contributed by atoms with Crippen LogP contribution in [-0.4, -0.2) is 35.2 Å². The smallest absolute Gasteiger partial charge is 0.224 e. The van der Waals surface area contributed by atoms with E-state index in [-0.39, 0.29) is 34.8 Å². The summed E-state index contributed by atoms with van der Waals surface area (Å²) in [6.07, 6.45) is 1.63. The van der Waals surface area contributed by atoms with Gasteiger partial charge in [0.2, 0.25) is 5.91 Å². The van der Waals surface area contributed by atoms with Gasteiger partial charge in [-0.05, 0) is 54.8 Å². The van der Waals surface area contributed by atoms with E-state index in [0.717, 1.165) is 36.5 Å². The number of nitrogens with zero attached hydrogens (tertiary/aromatic N) is 2. The molecule has 2 N–H and O–H groups in total. The lowest BCUT2D eigenvalue weighted by Crippen LogP contribution is -2.48. The lowest BCUT2D eigenvalue weighted by Gasteiger charge is -2.33. The fraction of sp³-hybridized carbons (Fsp3) is 0.273. The van der Waals surface area contributed by atoms with Crippen molar-refractivity contribution in [3.05, 3.63) is 70.8 Å². The second-order valence-electron chi connectivity index (χ2n) is 7.38. The molecule has 1 aliphatic heterocycles. The fourth-order valence-electron chi connectivity index (χ4n) is 3.69. The highest BCUT2D eigenvalue weighted by Crippen LogP contribution is 2.25. The van der Waals surface area contributed by atoms with Crippen molar-refractivity contribution in [2.24, 2.45) is 0 Å². The molecule has 0 radical (unpaired) electrons. The molecule has 2 aromatic carbocycles. The Balaban J connectivity index is 1.39. The molecule has 156 valence electrons. The van der Waals surface area contributed by atoms with Gasteiger partial charge < -0.3 is 10.2 Å². The third-order valence-electron chi connectivity index (χ3n) is 5.23. The van der Waals surface area contributed by atoms with E-state index in [4.69, 9.17) is 11.6 Å². The first-order valence-corrected chi connectivity index (χ1v) is 10.2. The summed E-state index contributed by atoms with van der Waals surface area (Å²) in [7, 11) is 0. The number of aromatic amines is 1. The van der Waals surface area contributed by atoms with E-state index in [9.17, 15) is 13.6 Å². The molecule has 4 rings (SSSR count). The van der Waals surface area contributed by atoms with E-state index in [2.05, 4.69) is 20.4 Å².